The Morgan fingerprint density at radius 1 is 1.32 bits per heavy atom. The molecule has 1 aromatic carbocycles. The van der Waals surface area contributed by atoms with Crippen LogP contribution in [0.25, 0.3) is 10.9 Å². The molecule has 0 aliphatic carbocycles. The van der Waals surface area contributed by atoms with Crippen molar-refractivity contribution in [1.82, 2.24) is 0 Å². The van der Waals surface area contributed by atoms with Crippen LogP contribution in [0.15, 0.2) is 36.5 Å². The van der Waals surface area contributed by atoms with Crippen molar-refractivity contribution < 1.29 is 22.3 Å². The third-order valence-electron chi connectivity index (χ3n) is 2.89. The number of fused-ring (bicyclic) bond motifs is 1. The van der Waals surface area contributed by atoms with Gasteiger partial charge in [0.15, 0.2) is 6.20 Å². The van der Waals surface area contributed by atoms with Crippen LogP contribution in [0, 0.1) is 0 Å². The number of pyridine rings is 1. The number of rotatable bonds is 5. The number of benzene rings is 1. The van der Waals surface area contributed by atoms with Crippen molar-refractivity contribution >= 4 is 21.0 Å². The third-order valence-corrected chi connectivity index (χ3v) is 3.69. The van der Waals surface area contributed by atoms with Crippen molar-refractivity contribution in [2.24, 2.45) is 0 Å². The van der Waals surface area contributed by atoms with E-state index in [0.717, 1.165) is 16.7 Å². The van der Waals surface area contributed by atoms with Crippen molar-refractivity contribution in [3.8, 4) is 5.75 Å². The van der Waals surface area contributed by atoms with E-state index < -0.39 is 10.1 Å². The Bertz CT molecular complexity index is 682. The molecule has 0 saturated carbocycles. The predicted molar refractivity (Wildman–Crippen MR) is 71.7 cm³/mol. The van der Waals surface area contributed by atoms with Gasteiger partial charge in [0.25, 0.3) is 10.1 Å². The zero-order valence-corrected chi connectivity index (χ0v) is 11.4. The number of ether oxygens (including phenoxy) is 1. The van der Waals surface area contributed by atoms with Crippen molar-refractivity contribution in [1.29, 1.82) is 0 Å². The van der Waals surface area contributed by atoms with E-state index in [1.807, 2.05) is 41.1 Å². The van der Waals surface area contributed by atoms with Crippen LogP contribution in [0.5, 0.6) is 5.75 Å². The van der Waals surface area contributed by atoms with E-state index in [0.29, 0.717) is 13.0 Å². The first-order valence-electron chi connectivity index (χ1n) is 5.91. The first-order chi connectivity index (χ1) is 8.99. The number of aromatic nitrogens is 1. The average molecular weight is 282 g/mol. The summed E-state index contributed by atoms with van der Waals surface area (Å²) < 4.78 is 37.3. The minimum Gasteiger partial charge on any atom is -0.497 e. The molecule has 0 spiro atoms. The van der Waals surface area contributed by atoms with Gasteiger partial charge in [-0.1, -0.05) is 0 Å². The van der Waals surface area contributed by atoms with Crippen LogP contribution in [0.4, 0.5) is 0 Å². The van der Waals surface area contributed by atoms with E-state index in [2.05, 4.69) is 0 Å². The summed E-state index contributed by atoms with van der Waals surface area (Å²) in [5.74, 6) is 0.516. The molecule has 19 heavy (non-hydrogen) atoms. The zero-order valence-electron chi connectivity index (χ0n) is 10.6. The van der Waals surface area contributed by atoms with Crippen LogP contribution >= 0.6 is 0 Å². The summed E-state index contributed by atoms with van der Waals surface area (Å²) in [6.07, 6.45) is 2.24. The van der Waals surface area contributed by atoms with Crippen LogP contribution in [-0.2, 0) is 16.7 Å². The Morgan fingerprint density at radius 2 is 2.11 bits per heavy atom. The minimum atomic E-state index is -3.90. The quantitative estimate of drug-likeness (QED) is 0.665. The van der Waals surface area contributed by atoms with E-state index in [-0.39, 0.29) is 5.75 Å². The van der Waals surface area contributed by atoms with E-state index in [1.54, 1.807) is 7.11 Å². The molecule has 1 heterocycles. The Balaban J connectivity index is 2.27. The Kier molecular flexibility index (Phi) is 4.01. The van der Waals surface area contributed by atoms with Gasteiger partial charge in [-0.05, 0) is 18.2 Å². The topological polar surface area (TPSA) is 67.5 Å². The molecule has 0 atom stereocenters. The SMILES string of the molecule is COc1ccc2ccc[n+](CCCS(=O)(=O)O)c2c1. The molecule has 0 aliphatic rings. The van der Waals surface area contributed by atoms with Gasteiger partial charge in [0.1, 0.15) is 12.3 Å². The predicted octanol–water partition coefficient (Wildman–Crippen LogP) is 1.41. The second-order valence-corrected chi connectivity index (χ2v) is 5.84. The largest absolute Gasteiger partial charge is 0.497 e. The molecule has 0 amide bonds. The van der Waals surface area contributed by atoms with Crippen LogP contribution in [0.2, 0.25) is 0 Å². The summed E-state index contributed by atoms with van der Waals surface area (Å²) in [5, 5.41) is 1.05. The lowest BCUT2D eigenvalue weighted by atomic mass is 10.2. The van der Waals surface area contributed by atoms with Gasteiger partial charge in [-0.15, -0.1) is 0 Å². The first-order valence-corrected chi connectivity index (χ1v) is 7.52. The van der Waals surface area contributed by atoms with E-state index in [4.69, 9.17) is 9.29 Å². The van der Waals surface area contributed by atoms with Crippen LogP contribution in [0.3, 0.4) is 0 Å². The molecular weight excluding hydrogens is 266 g/mol. The zero-order chi connectivity index (χ0) is 13.9. The number of hydrogen-bond donors (Lipinski definition) is 1. The lowest BCUT2D eigenvalue weighted by Gasteiger charge is -2.03. The summed E-state index contributed by atoms with van der Waals surface area (Å²) in [6.45, 7) is 0.518. The molecule has 102 valence electrons. The normalized spacial score (nSPS) is 11.7. The maximum Gasteiger partial charge on any atom is 0.265 e. The molecule has 0 radical (unpaired) electrons. The van der Waals surface area contributed by atoms with Crippen LogP contribution in [0.1, 0.15) is 6.42 Å². The van der Waals surface area contributed by atoms with Crippen molar-refractivity contribution in [3.05, 3.63) is 36.5 Å². The van der Waals surface area contributed by atoms with E-state index in [1.165, 1.54) is 0 Å². The van der Waals surface area contributed by atoms with Gasteiger partial charge in [-0.3, -0.25) is 4.55 Å². The summed E-state index contributed by atoms with van der Waals surface area (Å²) in [5.41, 5.74) is 0.970. The number of aryl methyl sites for hydroxylation is 1. The lowest BCUT2D eigenvalue weighted by molar-refractivity contribution is -0.671. The molecule has 0 unspecified atom stereocenters. The maximum atomic E-state index is 10.7. The van der Waals surface area contributed by atoms with E-state index in [9.17, 15) is 8.42 Å². The smallest absolute Gasteiger partial charge is 0.265 e. The van der Waals surface area contributed by atoms with Gasteiger partial charge in [0.2, 0.25) is 5.52 Å². The second-order valence-electron chi connectivity index (χ2n) is 4.27. The molecule has 2 aromatic rings. The van der Waals surface area contributed by atoms with Crippen LogP contribution in [-0.4, -0.2) is 25.8 Å². The molecule has 0 fully saturated rings. The summed E-state index contributed by atoms with van der Waals surface area (Å²) >= 11 is 0. The Labute approximate surface area is 112 Å². The fourth-order valence-electron chi connectivity index (χ4n) is 1.98. The van der Waals surface area contributed by atoms with Gasteiger partial charge < -0.3 is 4.74 Å². The number of hydrogen-bond acceptors (Lipinski definition) is 3. The maximum absolute atomic E-state index is 10.7. The highest BCUT2D eigenvalue weighted by molar-refractivity contribution is 7.85. The summed E-state index contributed by atoms with van der Waals surface area (Å²) in [4.78, 5) is 0. The standard InChI is InChI=1S/C13H15NO4S/c1-18-12-6-5-11-4-2-7-14(13(11)10-12)8-3-9-19(15,16)17/h2,4-7,10H,3,8-9H2,1H3/p+1. The van der Waals surface area contributed by atoms with Gasteiger partial charge in [-0.25, -0.2) is 0 Å². The average Bonchev–Trinajstić information content (AvgIpc) is 2.37. The molecule has 0 aliphatic heterocycles. The van der Waals surface area contributed by atoms with Crippen molar-refractivity contribution in [2.45, 2.75) is 13.0 Å². The fourth-order valence-corrected chi connectivity index (χ4v) is 2.48. The number of methoxy groups -OCH3 is 1. The molecule has 5 nitrogen and oxygen atoms in total. The van der Waals surface area contributed by atoms with E-state index >= 15 is 0 Å². The molecule has 1 aromatic heterocycles. The van der Waals surface area contributed by atoms with Crippen molar-refractivity contribution in [3.63, 3.8) is 0 Å². The molecule has 6 heteroatoms. The first kappa shape index (κ1) is 13.8. The highest BCUT2D eigenvalue weighted by Crippen LogP contribution is 2.17. The third kappa shape index (κ3) is 3.65. The molecule has 0 bridgehead atoms. The van der Waals surface area contributed by atoms with Gasteiger partial charge in [0.05, 0.1) is 18.9 Å². The lowest BCUT2D eigenvalue weighted by Crippen LogP contribution is -2.34. The molecule has 0 saturated heterocycles. The second kappa shape index (κ2) is 5.54. The Hall–Kier alpha value is -1.66. The summed E-state index contributed by atoms with van der Waals surface area (Å²) in [7, 11) is -2.29. The highest BCUT2D eigenvalue weighted by Gasteiger charge is 2.11. The molecular formula is C13H16NO4S+. The van der Waals surface area contributed by atoms with Gasteiger partial charge in [-0.2, -0.15) is 13.0 Å². The highest BCUT2D eigenvalue weighted by atomic mass is 32.2. The Morgan fingerprint density at radius 3 is 2.79 bits per heavy atom. The fraction of sp³-hybridized carbons (Fsp3) is 0.308. The van der Waals surface area contributed by atoms with Crippen LogP contribution < -0.4 is 9.30 Å². The summed E-state index contributed by atoms with van der Waals surface area (Å²) in [6, 6.07) is 9.62. The van der Waals surface area contributed by atoms with Crippen molar-refractivity contribution in [2.75, 3.05) is 12.9 Å². The van der Waals surface area contributed by atoms with Gasteiger partial charge in [0, 0.05) is 17.9 Å². The molecule has 1 N–H and O–H groups in total. The number of nitrogens with zero attached hydrogens (tertiary/aromatic N) is 1. The monoisotopic (exact) mass is 282 g/mol. The molecule has 2 rings (SSSR count). The minimum absolute atomic E-state index is 0.236. The van der Waals surface area contributed by atoms with Gasteiger partial charge >= 0.3 is 0 Å².